The summed E-state index contributed by atoms with van der Waals surface area (Å²) in [6.45, 7) is 3.74. The van der Waals surface area contributed by atoms with E-state index in [1.165, 1.54) is 0 Å². The van der Waals surface area contributed by atoms with Gasteiger partial charge in [-0.25, -0.2) is 4.79 Å². The molecule has 2 atom stereocenters. The third-order valence-corrected chi connectivity index (χ3v) is 4.03. The van der Waals surface area contributed by atoms with Gasteiger partial charge in [-0.2, -0.15) is 0 Å². The highest BCUT2D eigenvalue weighted by molar-refractivity contribution is 5.91. The molecule has 0 aliphatic rings. The van der Waals surface area contributed by atoms with E-state index in [2.05, 4.69) is 5.32 Å². The maximum atomic E-state index is 12.2. The molecule has 0 saturated carbocycles. The molecule has 116 valence electrons. The van der Waals surface area contributed by atoms with Crippen LogP contribution in [0.25, 0.3) is 10.8 Å². The summed E-state index contributed by atoms with van der Waals surface area (Å²) in [5.74, 6) is -1.35. The largest absolute Gasteiger partial charge is 0.480 e. The second kappa shape index (κ2) is 7.07. The Labute approximate surface area is 130 Å². The van der Waals surface area contributed by atoms with Crippen LogP contribution in [0.3, 0.4) is 0 Å². The molecule has 0 aliphatic heterocycles. The first-order valence-corrected chi connectivity index (χ1v) is 7.51. The SMILES string of the molecule is CC[C@H](C)[C@H](NC(=O)Cc1cccc2ccccc12)C(=O)O. The lowest BCUT2D eigenvalue weighted by molar-refractivity contribution is -0.143. The quantitative estimate of drug-likeness (QED) is 0.861. The van der Waals surface area contributed by atoms with Crippen molar-refractivity contribution in [3.05, 3.63) is 48.0 Å². The number of aliphatic carboxylic acids is 1. The molecule has 0 saturated heterocycles. The van der Waals surface area contributed by atoms with Crippen LogP contribution in [0.2, 0.25) is 0 Å². The minimum atomic E-state index is -0.986. The molecule has 4 nitrogen and oxygen atoms in total. The fourth-order valence-electron chi connectivity index (χ4n) is 2.53. The van der Waals surface area contributed by atoms with Crippen LogP contribution < -0.4 is 5.32 Å². The van der Waals surface area contributed by atoms with E-state index in [-0.39, 0.29) is 18.2 Å². The second-order valence-corrected chi connectivity index (χ2v) is 5.58. The van der Waals surface area contributed by atoms with Crippen LogP contribution >= 0.6 is 0 Å². The van der Waals surface area contributed by atoms with Crippen molar-refractivity contribution in [3.63, 3.8) is 0 Å². The zero-order valence-electron chi connectivity index (χ0n) is 12.9. The van der Waals surface area contributed by atoms with Crippen molar-refractivity contribution in [1.82, 2.24) is 5.32 Å². The molecule has 0 aromatic heterocycles. The van der Waals surface area contributed by atoms with Gasteiger partial charge in [0.25, 0.3) is 0 Å². The van der Waals surface area contributed by atoms with Crippen LogP contribution in [0.1, 0.15) is 25.8 Å². The zero-order chi connectivity index (χ0) is 16.1. The zero-order valence-corrected chi connectivity index (χ0v) is 12.9. The van der Waals surface area contributed by atoms with Crippen LogP contribution in [0.15, 0.2) is 42.5 Å². The molecule has 1 amide bonds. The van der Waals surface area contributed by atoms with Crippen LogP contribution in [0.5, 0.6) is 0 Å². The molecule has 0 bridgehead atoms. The molecule has 2 aromatic carbocycles. The van der Waals surface area contributed by atoms with Gasteiger partial charge in [-0.3, -0.25) is 4.79 Å². The van der Waals surface area contributed by atoms with Gasteiger partial charge in [-0.15, -0.1) is 0 Å². The van der Waals surface area contributed by atoms with E-state index in [4.69, 9.17) is 0 Å². The normalized spacial score (nSPS) is 13.5. The predicted molar refractivity (Wildman–Crippen MR) is 86.7 cm³/mol. The molecular formula is C18H21NO3. The molecule has 0 aliphatic carbocycles. The second-order valence-electron chi connectivity index (χ2n) is 5.58. The van der Waals surface area contributed by atoms with Gasteiger partial charge in [-0.05, 0) is 22.3 Å². The number of amides is 1. The van der Waals surface area contributed by atoms with Crippen molar-refractivity contribution < 1.29 is 14.7 Å². The number of benzene rings is 2. The Balaban J connectivity index is 2.15. The number of hydrogen-bond donors (Lipinski definition) is 2. The molecular weight excluding hydrogens is 278 g/mol. The smallest absolute Gasteiger partial charge is 0.326 e. The van der Waals surface area contributed by atoms with Crippen molar-refractivity contribution in [3.8, 4) is 0 Å². The third-order valence-electron chi connectivity index (χ3n) is 4.03. The number of hydrogen-bond acceptors (Lipinski definition) is 2. The van der Waals surface area contributed by atoms with Gasteiger partial charge in [0.15, 0.2) is 0 Å². The van der Waals surface area contributed by atoms with E-state index in [1.54, 1.807) is 0 Å². The first-order valence-electron chi connectivity index (χ1n) is 7.51. The van der Waals surface area contributed by atoms with E-state index in [9.17, 15) is 14.7 Å². The minimum absolute atomic E-state index is 0.103. The summed E-state index contributed by atoms with van der Waals surface area (Å²) in [7, 11) is 0. The lowest BCUT2D eigenvalue weighted by Crippen LogP contribution is -2.45. The Kier molecular flexibility index (Phi) is 5.15. The number of nitrogens with one attached hydrogen (secondary N) is 1. The first kappa shape index (κ1) is 16.0. The molecule has 0 spiro atoms. The molecule has 0 fully saturated rings. The standard InChI is InChI=1S/C18H21NO3/c1-3-12(2)17(18(21)22)19-16(20)11-14-9-6-8-13-7-4-5-10-15(13)14/h4-10,12,17H,3,11H2,1-2H3,(H,19,20)(H,21,22)/t12-,17-/m0/s1. The van der Waals surface area contributed by atoms with E-state index >= 15 is 0 Å². The van der Waals surface area contributed by atoms with Crippen molar-refractivity contribution in [2.45, 2.75) is 32.7 Å². The highest BCUT2D eigenvalue weighted by Crippen LogP contribution is 2.19. The molecule has 0 unspecified atom stereocenters. The summed E-state index contributed by atoms with van der Waals surface area (Å²) in [6, 6.07) is 12.8. The van der Waals surface area contributed by atoms with Crippen molar-refractivity contribution in [2.24, 2.45) is 5.92 Å². The molecule has 2 rings (SSSR count). The highest BCUT2D eigenvalue weighted by Gasteiger charge is 2.25. The monoisotopic (exact) mass is 299 g/mol. The molecule has 2 aromatic rings. The lowest BCUT2D eigenvalue weighted by atomic mass is 9.98. The van der Waals surface area contributed by atoms with Gasteiger partial charge < -0.3 is 10.4 Å². The molecule has 22 heavy (non-hydrogen) atoms. The Morgan fingerprint density at radius 1 is 1.14 bits per heavy atom. The van der Waals surface area contributed by atoms with E-state index in [0.29, 0.717) is 6.42 Å². The fourth-order valence-corrected chi connectivity index (χ4v) is 2.53. The van der Waals surface area contributed by atoms with Gasteiger partial charge in [0.1, 0.15) is 6.04 Å². The van der Waals surface area contributed by atoms with Crippen molar-refractivity contribution in [1.29, 1.82) is 0 Å². The number of fused-ring (bicyclic) bond motifs is 1. The molecule has 0 heterocycles. The number of rotatable bonds is 6. The number of carboxylic acids is 1. The Morgan fingerprint density at radius 2 is 1.82 bits per heavy atom. The van der Waals surface area contributed by atoms with Gasteiger partial charge in [0, 0.05) is 0 Å². The van der Waals surface area contributed by atoms with E-state index < -0.39 is 12.0 Å². The van der Waals surface area contributed by atoms with Gasteiger partial charge >= 0.3 is 5.97 Å². The molecule has 4 heteroatoms. The molecule has 2 N–H and O–H groups in total. The Hall–Kier alpha value is -2.36. The highest BCUT2D eigenvalue weighted by atomic mass is 16.4. The summed E-state index contributed by atoms with van der Waals surface area (Å²) < 4.78 is 0. The maximum Gasteiger partial charge on any atom is 0.326 e. The van der Waals surface area contributed by atoms with Gasteiger partial charge in [-0.1, -0.05) is 62.7 Å². The van der Waals surface area contributed by atoms with Gasteiger partial charge in [0.05, 0.1) is 6.42 Å². The fraction of sp³-hybridized carbons (Fsp3) is 0.333. The van der Waals surface area contributed by atoms with Crippen LogP contribution in [-0.2, 0) is 16.0 Å². The average Bonchev–Trinajstić information content (AvgIpc) is 2.52. The third kappa shape index (κ3) is 3.64. The molecule has 0 radical (unpaired) electrons. The summed E-state index contributed by atoms with van der Waals surface area (Å²) >= 11 is 0. The Bertz CT molecular complexity index is 676. The number of carboxylic acid groups (broad SMARTS) is 1. The topological polar surface area (TPSA) is 66.4 Å². The average molecular weight is 299 g/mol. The maximum absolute atomic E-state index is 12.2. The van der Waals surface area contributed by atoms with E-state index in [1.807, 2.05) is 56.3 Å². The minimum Gasteiger partial charge on any atom is -0.480 e. The lowest BCUT2D eigenvalue weighted by Gasteiger charge is -2.20. The van der Waals surface area contributed by atoms with Crippen molar-refractivity contribution in [2.75, 3.05) is 0 Å². The van der Waals surface area contributed by atoms with Crippen LogP contribution in [0, 0.1) is 5.92 Å². The van der Waals surface area contributed by atoms with E-state index in [0.717, 1.165) is 16.3 Å². The Morgan fingerprint density at radius 3 is 2.50 bits per heavy atom. The first-order chi connectivity index (χ1) is 10.5. The predicted octanol–water partition coefficient (Wildman–Crippen LogP) is 3.00. The number of carbonyl (C=O) groups excluding carboxylic acids is 1. The summed E-state index contributed by atoms with van der Waals surface area (Å²) in [5.41, 5.74) is 0.906. The summed E-state index contributed by atoms with van der Waals surface area (Å²) in [5, 5.41) is 14.0. The van der Waals surface area contributed by atoms with Crippen LogP contribution in [0.4, 0.5) is 0 Å². The summed E-state index contributed by atoms with van der Waals surface area (Å²) in [4.78, 5) is 23.5. The van der Waals surface area contributed by atoms with Crippen molar-refractivity contribution >= 4 is 22.6 Å². The number of carbonyl (C=O) groups is 2. The van der Waals surface area contributed by atoms with Crippen LogP contribution in [-0.4, -0.2) is 23.0 Å². The van der Waals surface area contributed by atoms with Gasteiger partial charge in [0.2, 0.25) is 5.91 Å². The summed E-state index contributed by atoms with van der Waals surface area (Å²) in [6.07, 6.45) is 0.882.